The van der Waals surface area contributed by atoms with E-state index in [1.54, 1.807) is 69.0 Å². The highest BCUT2D eigenvalue weighted by molar-refractivity contribution is 8.76. The van der Waals surface area contributed by atoms with Crippen molar-refractivity contribution < 1.29 is 43.2 Å². The van der Waals surface area contributed by atoms with Gasteiger partial charge in [0.25, 0.3) is 11.8 Å². The normalized spacial score (nSPS) is 21.0. The summed E-state index contributed by atoms with van der Waals surface area (Å²) in [6, 6.07) is 5.78. The summed E-state index contributed by atoms with van der Waals surface area (Å²) in [5.74, 6) is 1.18. The predicted octanol–water partition coefficient (Wildman–Crippen LogP) is 6.26. The number of anilines is 1. The number of ether oxygens (including phenoxy) is 5. The van der Waals surface area contributed by atoms with Crippen LogP contribution >= 0.6 is 21.6 Å². The molecule has 2 fully saturated rings. The molecule has 4 heterocycles. The van der Waals surface area contributed by atoms with E-state index in [1.165, 1.54) is 7.11 Å². The molecule has 0 bridgehead atoms. The molecule has 0 aromatic heterocycles. The molecule has 2 aromatic rings. The summed E-state index contributed by atoms with van der Waals surface area (Å²) in [5, 5.41) is 11.6. The third kappa shape index (κ3) is 8.11. The number of amides is 3. The minimum absolute atomic E-state index is 0.0196. The largest absolute Gasteiger partial charge is 0.493 e. The van der Waals surface area contributed by atoms with Crippen LogP contribution in [-0.2, 0) is 4.74 Å². The quantitative estimate of drug-likeness (QED) is 0.132. The van der Waals surface area contributed by atoms with Crippen molar-refractivity contribution in [3.8, 4) is 23.0 Å². The number of rotatable bonds is 14. The Kier molecular flexibility index (Phi) is 12.1. The SMILES string of the molecule is C=C1C[C@H]2C=Nc3cc(OCCCCCOc4cc5c(cc4OC)C(=O)N4CC(=C)C[C@H]4[C@H](O)N5C(=O)OC[C@@H](C)SSC)c(OC)cc3C(=O)N2C1. The van der Waals surface area contributed by atoms with Gasteiger partial charge in [0, 0.05) is 36.7 Å². The number of nitrogens with zero attached hydrogens (tertiary/aromatic N) is 4. The van der Waals surface area contributed by atoms with Crippen LogP contribution in [0.25, 0.3) is 0 Å². The molecule has 1 N–H and O–H groups in total. The molecular formula is C38H46N4O9S2. The van der Waals surface area contributed by atoms with Crippen molar-refractivity contribution in [2.24, 2.45) is 4.99 Å². The Balaban J connectivity index is 1.09. The summed E-state index contributed by atoms with van der Waals surface area (Å²) in [6.07, 6.45) is 4.83. The Morgan fingerprint density at radius 3 is 2.21 bits per heavy atom. The summed E-state index contributed by atoms with van der Waals surface area (Å²) in [7, 11) is 6.17. The highest BCUT2D eigenvalue weighted by Gasteiger charge is 2.46. The van der Waals surface area contributed by atoms with Crippen LogP contribution in [0.3, 0.4) is 0 Å². The summed E-state index contributed by atoms with van der Waals surface area (Å²) in [6.45, 7) is 11.6. The third-order valence-corrected chi connectivity index (χ3v) is 11.8. The van der Waals surface area contributed by atoms with Gasteiger partial charge >= 0.3 is 6.09 Å². The number of carbonyl (C=O) groups excluding carboxylic acids is 3. The first kappa shape index (κ1) is 38.4. The number of carbonyl (C=O) groups is 3. The van der Waals surface area contributed by atoms with Gasteiger partial charge in [0.2, 0.25) is 0 Å². The second-order valence-corrected chi connectivity index (χ2v) is 16.3. The van der Waals surface area contributed by atoms with Gasteiger partial charge in [0.1, 0.15) is 6.61 Å². The molecule has 2 saturated heterocycles. The molecule has 53 heavy (non-hydrogen) atoms. The summed E-state index contributed by atoms with van der Waals surface area (Å²) in [5.41, 5.74) is 3.20. The second kappa shape index (κ2) is 16.8. The number of hydrogen-bond acceptors (Lipinski definition) is 12. The molecule has 0 saturated carbocycles. The fourth-order valence-electron chi connectivity index (χ4n) is 6.99. The first-order chi connectivity index (χ1) is 25.5. The lowest BCUT2D eigenvalue weighted by molar-refractivity contribution is 0.0491. The van der Waals surface area contributed by atoms with Crippen molar-refractivity contribution in [3.05, 3.63) is 59.7 Å². The minimum atomic E-state index is -1.36. The van der Waals surface area contributed by atoms with Crippen molar-refractivity contribution in [1.29, 1.82) is 0 Å². The Labute approximate surface area is 317 Å². The Bertz CT molecular complexity index is 1800. The van der Waals surface area contributed by atoms with Crippen LogP contribution in [0.1, 0.15) is 59.7 Å². The Hall–Kier alpha value is -4.34. The van der Waals surface area contributed by atoms with Crippen molar-refractivity contribution in [2.75, 3.05) is 58.3 Å². The van der Waals surface area contributed by atoms with Gasteiger partial charge in [-0.3, -0.25) is 14.6 Å². The van der Waals surface area contributed by atoms with Crippen LogP contribution < -0.4 is 23.8 Å². The molecule has 0 unspecified atom stereocenters. The summed E-state index contributed by atoms with van der Waals surface area (Å²) < 4.78 is 29.1. The molecule has 284 valence electrons. The van der Waals surface area contributed by atoms with E-state index in [4.69, 9.17) is 23.7 Å². The molecule has 15 heteroatoms. The number of methoxy groups -OCH3 is 2. The highest BCUT2D eigenvalue weighted by Crippen LogP contribution is 2.42. The molecule has 0 aliphatic carbocycles. The first-order valence-corrected chi connectivity index (χ1v) is 20.2. The Morgan fingerprint density at radius 1 is 0.906 bits per heavy atom. The van der Waals surface area contributed by atoms with Gasteiger partial charge in [0.05, 0.1) is 62.0 Å². The molecule has 4 aliphatic rings. The van der Waals surface area contributed by atoms with E-state index in [1.807, 2.05) is 13.2 Å². The molecule has 0 spiro atoms. The van der Waals surface area contributed by atoms with Gasteiger partial charge in [-0.25, -0.2) is 9.69 Å². The molecule has 4 aliphatic heterocycles. The monoisotopic (exact) mass is 766 g/mol. The summed E-state index contributed by atoms with van der Waals surface area (Å²) in [4.78, 5) is 49.7. The maximum Gasteiger partial charge on any atom is 0.416 e. The fraction of sp³-hybridized carbons (Fsp3) is 0.474. The molecule has 6 rings (SSSR count). The lowest BCUT2D eigenvalue weighted by Crippen LogP contribution is -2.51. The molecule has 2 aromatic carbocycles. The standard InChI is InChI=1S/C38H46N4O9S2/c1-22-12-25-18-39-28-16-33(31(47-4)14-26(28)35(43)40(25)19-22)49-10-8-7-9-11-50-34-17-29-27(15-32(34)48-5)36(44)41-20-23(2)13-30(41)37(45)42(29)38(46)51-21-24(3)53-52-6/h14-18,24-25,30,37,45H,1-2,7-13,19-21H2,3-6H3/t24-,25+,30+,37+/m1/s1. The van der Waals surface area contributed by atoms with E-state index in [0.29, 0.717) is 79.7 Å². The van der Waals surface area contributed by atoms with Crippen LogP contribution in [0.15, 0.2) is 53.6 Å². The van der Waals surface area contributed by atoms with Crippen molar-refractivity contribution >= 4 is 57.1 Å². The molecular weight excluding hydrogens is 721 g/mol. The van der Waals surface area contributed by atoms with Gasteiger partial charge in [-0.15, -0.1) is 0 Å². The van der Waals surface area contributed by atoms with Gasteiger partial charge in [-0.1, -0.05) is 45.9 Å². The molecule has 13 nitrogen and oxygen atoms in total. The number of aliphatic imine (C=N–C) groups is 1. The van der Waals surface area contributed by atoms with Crippen LogP contribution in [0, 0.1) is 0 Å². The average molecular weight is 767 g/mol. The van der Waals surface area contributed by atoms with E-state index in [9.17, 15) is 19.5 Å². The number of unbranched alkanes of at least 4 members (excludes halogenated alkanes) is 2. The fourth-order valence-corrected chi connectivity index (χ4v) is 8.59. The van der Waals surface area contributed by atoms with Gasteiger partial charge < -0.3 is 38.6 Å². The van der Waals surface area contributed by atoms with Gasteiger partial charge in [-0.05, 0) is 57.4 Å². The van der Waals surface area contributed by atoms with E-state index < -0.39 is 18.4 Å². The van der Waals surface area contributed by atoms with Crippen molar-refractivity contribution in [2.45, 2.75) is 62.6 Å². The molecule has 4 atom stereocenters. The van der Waals surface area contributed by atoms with E-state index in [0.717, 1.165) is 22.5 Å². The topological polar surface area (TPSA) is 140 Å². The minimum Gasteiger partial charge on any atom is -0.493 e. The maximum absolute atomic E-state index is 13.8. The summed E-state index contributed by atoms with van der Waals surface area (Å²) >= 11 is 0. The number of aliphatic hydroxyl groups is 1. The smallest absolute Gasteiger partial charge is 0.416 e. The number of fused-ring (bicyclic) bond motifs is 4. The van der Waals surface area contributed by atoms with Gasteiger partial charge in [0.15, 0.2) is 29.2 Å². The van der Waals surface area contributed by atoms with Crippen LogP contribution in [-0.4, -0.2) is 116 Å². The maximum atomic E-state index is 13.8. The third-order valence-electron chi connectivity index (χ3n) is 9.59. The zero-order valence-electron chi connectivity index (χ0n) is 30.5. The van der Waals surface area contributed by atoms with Crippen LogP contribution in [0.2, 0.25) is 0 Å². The highest BCUT2D eigenvalue weighted by atomic mass is 33.1. The van der Waals surface area contributed by atoms with Crippen LogP contribution in [0.5, 0.6) is 23.0 Å². The zero-order chi connectivity index (χ0) is 37.8. The number of benzene rings is 2. The Morgan fingerprint density at radius 2 is 1.53 bits per heavy atom. The van der Waals surface area contributed by atoms with Crippen molar-refractivity contribution in [3.63, 3.8) is 0 Å². The van der Waals surface area contributed by atoms with Crippen LogP contribution in [0.4, 0.5) is 16.2 Å². The van der Waals surface area contributed by atoms with E-state index in [-0.39, 0.29) is 47.5 Å². The molecule has 0 radical (unpaired) electrons. The predicted molar refractivity (Wildman–Crippen MR) is 207 cm³/mol. The average Bonchev–Trinajstić information content (AvgIpc) is 3.68. The number of hydrogen-bond donors (Lipinski definition) is 1. The second-order valence-electron chi connectivity index (χ2n) is 13.4. The zero-order valence-corrected chi connectivity index (χ0v) is 32.1. The first-order valence-electron chi connectivity index (χ1n) is 17.6. The van der Waals surface area contributed by atoms with Crippen molar-refractivity contribution in [1.82, 2.24) is 9.80 Å². The lowest BCUT2D eigenvalue weighted by atomic mass is 10.1. The van der Waals surface area contributed by atoms with E-state index >= 15 is 0 Å². The molecule has 3 amide bonds. The number of aliphatic hydroxyl groups excluding tert-OH is 1. The van der Waals surface area contributed by atoms with E-state index in [2.05, 4.69) is 18.2 Å². The lowest BCUT2D eigenvalue weighted by Gasteiger charge is -2.31. The van der Waals surface area contributed by atoms with Gasteiger partial charge in [-0.2, -0.15) is 0 Å².